The SMILES string of the molecule is Cc1ncc(OC2CCN(C(=O)OC(C)(C)C)C2)cn1. The van der Waals surface area contributed by atoms with Gasteiger partial charge in [0.25, 0.3) is 0 Å². The normalized spacial score (nSPS) is 19.0. The highest BCUT2D eigenvalue weighted by atomic mass is 16.6. The fraction of sp³-hybridized carbons (Fsp3) is 0.643. The van der Waals surface area contributed by atoms with Crippen LogP contribution < -0.4 is 4.74 Å². The molecule has 1 aromatic heterocycles. The average Bonchev–Trinajstić information content (AvgIpc) is 2.79. The minimum absolute atomic E-state index is 0.0335. The number of amides is 1. The molecule has 1 saturated heterocycles. The van der Waals surface area contributed by atoms with Crippen molar-refractivity contribution in [3.8, 4) is 5.75 Å². The maximum absolute atomic E-state index is 11.9. The number of carbonyl (C=O) groups is 1. The Morgan fingerprint density at radius 1 is 1.35 bits per heavy atom. The minimum Gasteiger partial charge on any atom is -0.485 e. The third kappa shape index (κ3) is 4.08. The molecule has 0 spiro atoms. The number of hydrogen-bond donors (Lipinski definition) is 0. The van der Waals surface area contributed by atoms with Crippen LogP contribution in [0.2, 0.25) is 0 Å². The molecule has 20 heavy (non-hydrogen) atoms. The Morgan fingerprint density at radius 3 is 2.60 bits per heavy atom. The van der Waals surface area contributed by atoms with Crippen molar-refractivity contribution in [2.75, 3.05) is 13.1 Å². The molecule has 1 amide bonds. The molecular formula is C14H21N3O3. The zero-order valence-corrected chi connectivity index (χ0v) is 12.4. The second-order valence-corrected chi connectivity index (χ2v) is 5.92. The van der Waals surface area contributed by atoms with Gasteiger partial charge >= 0.3 is 6.09 Å². The maximum Gasteiger partial charge on any atom is 0.410 e. The van der Waals surface area contributed by atoms with Gasteiger partial charge in [0.2, 0.25) is 0 Å². The molecule has 2 heterocycles. The molecular weight excluding hydrogens is 258 g/mol. The molecule has 1 aromatic rings. The van der Waals surface area contributed by atoms with E-state index in [0.717, 1.165) is 6.42 Å². The number of rotatable bonds is 2. The predicted octanol–water partition coefficient (Wildman–Crippen LogP) is 2.17. The molecule has 0 bridgehead atoms. The van der Waals surface area contributed by atoms with E-state index >= 15 is 0 Å². The van der Waals surface area contributed by atoms with Crippen LogP contribution in [-0.4, -0.2) is 45.8 Å². The molecule has 1 unspecified atom stereocenters. The summed E-state index contributed by atoms with van der Waals surface area (Å²) in [6.45, 7) is 8.58. The topological polar surface area (TPSA) is 64.5 Å². The van der Waals surface area contributed by atoms with E-state index in [1.807, 2.05) is 27.7 Å². The van der Waals surface area contributed by atoms with Crippen LogP contribution >= 0.6 is 0 Å². The van der Waals surface area contributed by atoms with Crippen molar-refractivity contribution in [3.63, 3.8) is 0 Å². The van der Waals surface area contributed by atoms with Gasteiger partial charge in [0.05, 0.1) is 18.9 Å². The molecule has 1 atom stereocenters. The van der Waals surface area contributed by atoms with Crippen molar-refractivity contribution in [1.29, 1.82) is 0 Å². The fourth-order valence-electron chi connectivity index (χ4n) is 1.95. The molecule has 0 saturated carbocycles. The van der Waals surface area contributed by atoms with Crippen molar-refractivity contribution in [2.24, 2.45) is 0 Å². The van der Waals surface area contributed by atoms with E-state index in [2.05, 4.69) is 9.97 Å². The summed E-state index contributed by atoms with van der Waals surface area (Å²) in [5, 5.41) is 0. The number of hydrogen-bond acceptors (Lipinski definition) is 5. The summed E-state index contributed by atoms with van der Waals surface area (Å²) in [5.41, 5.74) is -0.471. The van der Waals surface area contributed by atoms with Crippen molar-refractivity contribution in [1.82, 2.24) is 14.9 Å². The summed E-state index contributed by atoms with van der Waals surface area (Å²) in [5.74, 6) is 1.34. The molecule has 6 heteroatoms. The Balaban J connectivity index is 1.86. The molecule has 1 aliphatic heterocycles. The zero-order valence-electron chi connectivity index (χ0n) is 12.4. The van der Waals surface area contributed by atoms with Crippen LogP contribution in [0.4, 0.5) is 4.79 Å². The first-order chi connectivity index (χ1) is 9.33. The van der Waals surface area contributed by atoms with Gasteiger partial charge in [-0.05, 0) is 27.7 Å². The Hall–Kier alpha value is -1.85. The van der Waals surface area contributed by atoms with Gasteiger partial charge in [-0.1, -0.05) is 0 Å². The first kappa shape index (κ1) is 14.6. The quantitative estimate of drug-likeness (QED) is 0.830. The lowest BCUT2D eigenvalue weighted by atomic mass is 10.2. The highest BCUT2D eigenvalue weighted by Gasteiger charge is 2.30. The van der Waals surface area contributed by atoms with E-state index in [1.165, 1.54) is 0 Å². The first-order valence-electron chi connectivity index (χ1n) is 6.77. The Bertz CT molecular complexity index is 468. The minimum atomic E-state index is -0.471. The van der Waals surface area contributed by atoms with Crippen LogP contribution in [0, 0.1) is 6.92 Å². The average molecular weight is 279 g/mol. The van der Waals surface area contributed by atoms with Crippen LogP contribution in [0.5, 0.6) is 5.75 Å². The second kappa shape index (κ2) is 5.64. The molecule has 1 fully saturated rings. The Labute approximate surface area is 119 Å². The molecule has 0 aliphatic carbocycles. The van der Waals surface area contributed by atoms with Crippen molar-refractivity contribution < 1.29 is 14.3 Å². The number of likely N-dealkylation sites (tertiary alicyclic amines) is 1. The van der Waals surface area contributed by atoms with Gasteiger partial charge in [-0.15, -0.1) is 0 Å². The van der Waals surface area contributed by atoms with E-state index in [-0.39, 0.29) is 12.2 Å². The third-order valence-electron chi connectivity index (χ3n) is 2.86. The van der Waals surface area contributed by atoms with Crippen LogP contribution in [0.15, 0.2) is 12.4 Å². The maximum atomic E-state index is 11.9. The lowest BCUT2D eigenvalue weighted by molar-refractivity contribution is 0.0275. The second-order valence-electron chi connectivity index (χ2n) is 5.92. The molecule has 0 aromatic carbocycles. The molecule has 6 nitrogen and oxygen atoms in total. The monoisotopic (exact) mass is 279 g/mol. The Kier molecular flexibility index (Phi) is 4.11. The van der Waals surface area contributed by atoms with E-state index in [0.29, 0.717) is 24.7 Å². The van der Waals surface area contributed by atoms with E-state index < -0.39 is 5.60 Å². The van der Waals surface area contributed by atoms with E-state index in [1.54, 1.807) is 17.3 Å². The van der Waals surface area contributed by atoms with Gasteiger partial charge in [0.15, 0.2) is 5.75 Å². The summed E-state index contributed by atoms with van der Waals surface area (Å²) in [6, 6.07) is 0. The lowest BCUT2D eigenvalue weighted by Gasteiger charge is -2.24. The Morgan fingerprint density at radius 2 is 2.00 bits per heavy atom. The molecule has 1 aliphatic rings. The van der Waals surface area contributed by atoms with Crippen LogP contribution in [-0.2, 0) is 4.74 Å². The first-order valence-corrected chi connectivity index (χ1v) is 6.77. The highest BCUT2D eigenvalue weighted by Crippen LogP contribution is 2.19. The smallest absolute Gasteiger partial charge is 0.410 e. The van der Waals surface area contributed by atoms with Gasteiger partial charge in [-0.3, -0.25) is 0 Å². The number of aromatic nitrogens is 2. The van der Waals surface area contributed by atoms with Crippen molar-refractivity contribution >= 4 is 6.09 Å². The molecule has 0 radical (unpaired) electrons. The number of ether oxygens (including phenoxy) is 2. The fourth-order valence-corrected chi connectivity index (χ4v) is 1.95. The number of carbonyl (C=O) groups excluding carboxylic acids is 1. The summed E-state index contributed by atoms with van der Waals surface area (Å²) in [4.78, 5) is 21.8. The predicted molar refractivity (Wildman–Crippen MR) is 73.6 cm³/mol. The van der Waals surface area contributed by atoms with Crippen LogP contribution in [0.25, 0.3) is 0 Å². The highest BCUT2D eigenvalue weighted by molar-refractivity contribution is 5.68. The number of aryl methyl sites for hydroxylation is 1. The van der Waals surface area contributed by atoms with E-state index in [4.69, 9.17) is 9.47 Å². The summed E-state index contributed by atoms with van der Waals surface area (Å²) < 4.78 is 11.1. The number of nitrogens with zero attached hydrogens (tertiary/aromatic N) is 3. The van der Waals surface area contributed by atoms with Crippen LogP contribution in [0.1, 0.15) is 33.0 Å². The lowest BCUT2D eigenvalue weighted by Crippen LogP contribution is -2.36. The van der Waals surface area contributed by atoms with Gasteiger partial charge in [0, 0.05) is 13.0 Å². The van der Waals surface area contributed by atoms with Crippen molar-refractivity contribution in [3.05, 3.63) is 18.2 Å². The van der Waals surface area contributed by atoms with Gasteiger partial charge in [0.1, 0.15) is 17.5 Å². The van der Waals surface area contributed by atoms with Gasteiger partial charge < -0.3 is 14.4 Å². The van der Waals surface area contributed by atoms with Gasteiger partial charge in [-0.25, -0.2) is 14.8 Å². The zero-order chi connectivity index (χ0) is 14.8. The van der Waals surface area contributed by atoms with Crippen molar-refractivity contribution in [2.45, 2.75) is 45.8 Å². The van der Waals surface area contributed by atoms with Crippen LogP contribution in [0.3, 0.4) is 0 Å². The summed E-state index contributed by atoms with van der Waals surface area (Å²) in [7, 11) is 0. The standard InChI is InChI=1S/C14H21N3O3/c1-10-15-7-12(8-16-10)19-11-5-6-17(9-11)13(18)20-14(2,3)4/h7-8,11H,5-6,9H2,1-4H3. The van der Waals surface area contributed by atoms with Gasteiger partial charge in [-0.2, -0.15) is 0 Å². The molecule has 2 rings (SSSR count). The largest absolute Gasteiger partial charge is 0.485 e. The summed E-state index contributed by atoms with van der Waals surface area (Å²) in [6.07, 6.45) is 3.77. The van der Waals surface area contributed by atoms with E-state index in [9.17, 15) is 4.79 Å². The molecule has 110 valence electrons. The summed E-state index contributed by atoms with van der Waals surface area (Å²) >= 11 is 0. The molecule has 0 N–H and O–H groups in total. The third-order valence-corrected chi connectivity index (χ3v) is 2.86.